The van der Waals surface area contributed by atoms with Gasteiger partial charge in [-0.25, -0.2) is 0 Å². The van der Waals surface area contributed by atoms with Crippen LogP contribution in [0.3, 0.4) is 0 Å². The van der Waals surface area contributed by atoms with Crippen molar-refractivity contribution in [2.45, 2.75) is 57.4 Å². The van der Waals surface area contributed by atoms with Gasteiger partial charge in [0.2, 0.25) is 0 Å². The predicted molar refractivity (Wildman–Crippen MR) is 88.6 cm³/mol. The molecular formula is C18H22N4O. The van der Waals surface area contributed by atoms with Crippen LogP contribution in [0.2, 0.25) is 0 Å². The van der Waals surface area contributed by atoms with Gasteiger partial charge in [-0.15, -0.1) is 0 Å². The third kappa shape index (κ3) is 2.76. The minimum absolute atomic E-state index is 0.0749. The quantitative estimate of drug-likeness (QED) is 0.933. The van der Waals surface area contributed by atoms with E-state index in [1.54, 1.807) is 12.4 Å². The first-order chi connectivity index (χ1) is 11.2. The zero-order valence-electron chi connectivity index (χ0n) is 13.5. The summed E-state index contributed by atoms with van der Waals surface area (Å²) in [5.41, 5.74) is 3.49. The van der Waals surface area contributed by atoms with Gasteiger partial charge in [0.25, 0.3) is 5.91 Å². The van der Waals surface area contributed by atoms with E-state index in [2.05, 4.69) is 20.1 Å². The molecular weight excluding hydrogens is 288 g/mol. The van der Waals surface area contributed by atoms with Gasteiger partial charge in [0.05, 0.1) is 34.9 Å². The lowest BCUT2D eigenvalue weighted by atomic mass is 10.1. The summed E-state index contributed by atoms with van der Waals surface area (Å²) in [6.07, 6.45) is 10.7. The molecule has 2 saturated carbocycles. The Morgan fingerprint density at radius 3 is 2.78 bits per heavy atom. The Morgan fingerprint density at radius 1 is 1.26 bits per heavy atom. The zero-order chi connectivity index (χ0) is 15.8. The van der Waals surface area contributed by atoms with Crippen LogP contribution in [0.15, 0.2) is 24.5 Å². The number of rotatable bonds is 4. The van der Waals surface area contributed by atoms with Gasteiger partial charge in [0, 0.05) is 12.1 Å². The Bertz CT molecular complexity index is 726. The second-order valence-corrected chi connectivity index (χ2v) is 6.69. The van der Waals surface area contributed by atoms with Gasteiger partial charge in [0.15, 0.2) is 0 Å². The van der Waals surface area contributed by atoms with Crippen LogP contribution in [0.25, 0.3) is 0 Å². The second kappa shape index (κ2) is 5.80. The molecule has 23 heavy (non-hydrogen) atoms. The molecule has 120 valence electrons. The zero-order valence-corrected chi connectivity index (χ0v) is 13.5. The average molecular weight is 310 g/mol. The molecule has 0 saturated heterocycles. The highest BCUT2D eigenvalue weighted by Crippen LogP contribution is 2.40. The highest BCUT2D eigenvalue weighted by molar-refractivity contribution is 6.05. The fourth-order valence-electron chi connectivity index (χ4n) is 3.54. The number of aromatic nitrogens is 3. The number of anilines is 1. The molecule has 4 rings (SSSR count). The Hall–Kier alpha value is -2.17. The molecule has 1 amide bonds. The second-order valence-electron chi connectivity index (χ2n) is 6.69. The summed E-state index contributed by atoms with van der Waals surface area (Å²) >= 11 is 0. The van der Waals surface area contributed by atoms with Gasteiger partial charge >= 0.3 is 0 Å². The third-order valence-electron chi connectivity index (χ3n) is 5.01. The molecule has 1 N–H and O–H groups in total. The van der Waals surface area contributed by atoms with Gasteiger partial charge in [-0.05, 0) is 44.7 Å². The summed E-state index contributed by atoms with van der Waals surface area (Å²) in [7, 11) is 0. The molecule has 0 aromatic carbocycles. The fraction of sp³-hybridized carbons (Fsp3) is 0.500. The van der Waals surface area contributed by atoms with Crippen LogP contribution in [0.4, 0.5) is 5.69 Å². The fourth-order valence-corrected chi connectivity index (χ4v) is 3.54. The van der Waals surface area contributed by atoms with E-state index in [0.29, 0.717) is 17.5 Å². The van der Waals surface area contributed by atoms with Crippen LogP contribution in [0, 0.1) is 6.92 Å². The van der Waals surface area contributed by atoms with Crippen molar-refractivity contribution in [1.29, 1.82) is 0 Å². The molecule has 2 aromatic rings. The first kappa shape index (κ1) is 14.4. The minimum Gasteiger partial charge on any atom is -0.319 e. The minimum atomic E-state index is -0.0749. The highest BCUT2D eigenvalue weighted by Gasteiger charge is 2.29. The number of amides is 1. The molecule has 2 fully saturated rings. The molecule has 0 atom stereocenters. The Balaban J connectivity index is 1.55. The van der Waals surface area contributed by atoms with Crippen molar-refractivity contribution >= 4 is 11.6 Å². The SMILES string of the molecule is Cc1c(NC(=O)c2cccnc2C2CC2)cnn1C1CCCC1. The predicted octanol–water partition coefficient (Wildman–Crippen LogP) is 3.83. The molecule has 2 aliphatic carbocycles. The molecule has 0 aliphatic heterocycles. The van der Waals surface area contributed by atoms with Crippen LogP contribution in [0.1, 0.15) is 72.2 Å². The molecule has 2 heterocycles. The van der Waals surface area contributed by atoms with Crippen LogP contribution in [-0.4, -0.2) is 20.7 Å². The van der Waals surface area contributed by atoms with Crippen molar-refractivity contribution in [3.8, 4) is 0 Å². The summed E-state index contributed by atoms with van der Waals surface area (Å²) in [4.78, 5) is 17.1. The summed E-state index contributed by atoms with van der Waals surface area (Å²) in [5.74, 6) is 0.383. The average Bonchev–Trinajstić information content (AvgIpc) is 3.17. The summed E-state index contributed by atoms with van der Waals surface area (Å²) in [5, 5.41) is 7.53. The maximum absolute atomic E-state index is 12.7. The Kier molecular flexibility index (Phi) is 3.63. The van der Waals surface area contributed by atoms with Crippen LogP contribution >= 0.6 is 0 Å². The van der Waals surface area contributed by atoms with Crippen molar-refractivity contribution in [1.82, 2.24) is 14.8 Å². The van der Waals surface area contributed by atoms with Crippen molar-refractivity contribution in [3.05, 3.63) is 41.5 Å². The van der Waals surface area contributed by atoms with Gasteiger partial charge in [-0.2, -0.15) is 5.10 Å². The van der Waals surface area contributed by atoms with Crippen molar-refractivity contribution < 1.29 is 4.79 Å². The van der Waals surface area contributed by atoms with Gasteiger partial charge in [0.1, 0.15) is 0 Å². The smallest absolute Gasteiger partial charge is 0.257 e. The number of hydrogen-bond donors (Lipinski definition) is 1. The van der Waals surface area contributed by atoms with E-state index in [1.165, 1.54) is 25.7 Å². The number of nitrogens with zero attached hydrogens (tertiary/aromatic N) is 3. The molecule has 0 radical (unpaired) electrons. The van der Waals surface area contributed by atoms with Crippen LogP contribution in [-0.2, 0) is 0 Å². The number of carbonyl (C=O) groups excluding carboxylic acids is 1. The van der Waals surface area contributed by atoms with E-state index in [4.69, 9.17) is 0 Å². The lowest BCUT2D eigenvalue weighted by molar-refractivity contribution is 0.102. The van der Waals surface area contributed by atoms with E-state index in [-0.39, 0.29) is 5.91 Å². The molecule has 5 heteroatoms. The van der Waals surface area contributed by atoms with Crippen molar-refractivity contribution in [2.75, 3.05) is 5.32 Å². The van der Waals surface area contributed by atoms with Gasteiger partial charge in [-0.3, -0.25) is 14.5 Å². The first-order valence-electron chi connectivity index (χ1n) is 8.54. The first-order valence-corrected chi connectivity index (χ1v) is 8.54. The van der Waals surface area contributed by atoms with Crippen LogP contribution in [0.5, 0.6) is 0 Å². The maximum Gasteiger partial charge on any atom is 0.257 e. The topological polar surface area (TPSA) is 59.8 Å². The Morgan fingerprint density at radius 2 is 2.04 bits per heavy atom. The third-order valence-corrected chi connectivity index (χ3v) is 5.01. The van der Waals surface area contributed by atoms with E-state index >= 15 is 0 Å². The van der Waals surface area contributed by atoms with E-state index < -0.39 is 0 Å². The maximum atomic E-state index is 12.7. The van der Waals surface area contributed by atoms with E-state index in [9.17, 15) is 4.79 Å². The number of nitrogens with one attached hydrogen (secondary N) is 1. The van der Waals surface area contributed by atoms with Crippen molar-refractivity contribution in [2.24, 2.45) is 0 Å². The Labute approximate surface area is 136 Å². The van der Waals surface area contributed by atoms with E-state index in [1.807, 2.05) is 19.1 Å². The number of pyridine rings is 1. The monoisotopic (exact) mass is 310 g/mol. The number of hydrogen-bond acceptors (Lipinski definition) is 3. The van der Waals surface area contributed by atoms with Crippen molar-refractivity contribution in [3.63, 3.8) is 0 Å². The summed E-state index contributed by atoms with van der Waals surface area (Å²) < 4.78 is 2.08. The van der Waals surface area contributed by atoms with Gasteiger partial charge in [-0.1, -0.05) is 12.8 Å². The molecule has 5 nitrogen and oxygen atoms in total. The summed E-state index contributed by atoms with van der Waals surface area (Å²) in [6.45, 7) is 2.03. The molecule has 0 unspecified atom stereocenters. The normalized spacial score (nSPS) is 18.3. The standard InChI is InChI=1S/C18H22N4O/c1-12-16(11-20-22(12)14-5-2-3-6-14)21-18(23)15-7-4-10-19-17(15)13-8-9-13/h4,7,10-11,13-14H,2-3,5-6,8-9H2,1H3,(H,21,23). The number of carbonyl (C=O) groups is 1. The summed E-state index contributed by atoms with van der Waals surface area (Å²) in [6, 6.07) is 4.18. The van der Waals surface area contributed by atoms with Crippen LogP contribution < -0.4 is 5.32 Å². The molecule has 0 spiro atoms. The molecule has 2 aromatic heterocycles. The van der Waals surface area contributed by atoms with E-state index in [0.717, 1.165) is 29.9 Å². The highest BCUT2D eigenvalue weighted by atomic mass is 16.1. The lowest BCUT2D eigenvalue weighted by Gasteiger charge is -2.13. The lowest BCUT2D eigenvalue weighted by Crippen LogP contribution is -2.16. The van der Waals surface area contributed by atoms with Gasteiger partial charge < -0.3 is 5.32 Å². The molecule has 2 aliphatic rings. The molecule has 0 bridgehead atoms. The largest absolute Gasteiger partial charge is 0.319 e.